The maximum Gasteiger partial charge on any atom is 0.265 e. The molecule has 0 spiro atoms. The van der Waals surface area contributed by atoms with Gasteiger partial charge in [0.15, 0.2) is 0 Å². The highest BCUT2D eigenvalue weighted by atomic mass is 32.1. The van der Waals surface area contributed by atoms with Crippen LogP contribution in [0.15, 0.2) is 60.7 Å². The van der Waals surface area contributed by atoms with Gasteiger partial charge in [0.1, 0.15) is 4.83 Å². The van der Waals surface area contributed by atoms with Crippen LogP contribution < -0.4 is 5.32 Å². The van der Waals surface area contributed by atoms with E-state index in [0.717, 1.165) is 47.5 Å². The molecule has 2 aromatic heterocycles. The summed E-state index contributed by atoms with van der Waals surface area (Å²) in [6.45, 7) is 3.49. The lowest BCUT2D eigenvalue weighted by Crippen LogP contribution is -2.28. The van der Waals surface area contributed by atoms with Gasteiger partial charge in [-0.2, -0.15) is 5.10 Å². The number of anilines is 1. The maximum absolute atomic E-state index is 13.1. The number of carbonyl (C=O) groups is 2. The summed E-state index contributed by atoms with van der Waals surface area (Å²) in [5.74, 6) is -0.248. The number of nitrogens with one attached hydrogen (secondary N) is 1. The summed E-state index contributed by atoms with van der Waals surface area (Å²) >= 11 is 1.40. The number of nitrogens with zero attached hydrogens (tertiary/aromatic N) is 3. The topological polar surface area (TPSA) is 67.2 Å². The third-order valence-electron chi connectivity index (χ3n) is 5.57. The Kier molecular flexibility index (Phi) is 5.03. The second-order valence-electron chi connectivity index (χ2n) is 7.66. The second-order valence-corrected chi connectivity index (χ2v) is 8.69. The molecule has 1 aliphatic heterocycles. The molecule has 1 N–H and O–H groups in total. The van der Waals surface area contributed by atoms with Gasteiger partial charge in [0.2, 0.25) is 0 Å². The van der Waals surface area contributed by atoms with Gasteiger partial charge in [-0.3, -0.25) is 9.59 Å². The molecule has 0 saturated carbocycles. The smallest absolute Gasteiger partial charge is 0.265 e. The highest BCUT2D eigenvalue weighted by Crippen LogP contribution is 2.31. The summed E-state index contributed by atoms with van der Waals surface area (Å²) in [6, 6.07) is 19.0. The van der Waals surface area contributed by atoms with Crippen molar-refractivity contribution in [2.75, 3.05) is 18.4 Å². The minimum Gasteiger partial charge on any atom is -0.339 e. The van der Waals surface area contributed by atoms with E-state index in [1.54, 1.807) is 12.1 Å². The van der Waals surface area contributed by atoms with E-state index in [0.29, 0.717) is 16.1 Å². The fraction of sp³-hybridized carbons (Fsp3) is 0.208. The molecule has 31 heavy (non-hydrogen) atoms. The molecular formula is C24H22N4O2S. The highest BCUT2D eigenvalue weighted by Gasteiger charge is 2.23. The number of fused-ring (bicyclic) bond motifs is 1. The van der Waals surface area contributed by atoms with E-state index in [-0.39, 0.29) is 11.8 Å². The fourth-order valence-electron chi connectivity index (χ4n) is 3.96. The quantitative estimate of drug-likeness (QED) is 0.502. The van der Waals surface area contributed by atoms with Crippen molar-refractivity contribution >= 4 is 39.1 Å². The number of para-hydroxylation sites is 2. The Morgan fingerprint density at radius 3 is 2.48 bits per heavy atom. The van der Waals surface area contributed by atoms with Gasteiger partial charge in [-0.15, -0.1) is 11.3 Å². The number of thiophene rings is 1. The summed E-state index contributed by atoms with van der Waals surface area (Å²) in [5, 5.41) is 8.54. The van der Waals surface area contributed by atoms with Crippen molar-refractivity contribution in [2.45, 2.75) is 19.8 Å². The summed E-state index contributed by atoms with van der Waals surface area (Å²) < 4.78 is 1.87. The first kappa shape index (κ1) is 19.5. The van der Waals surface area contributed by atoms with E-state index in [1.807, 2.05) is 65.0 Å². The van der Waals surface area contributed by atoms with Gasteiger partial charge in [0.05, 0.1) is 27.5 Å². The van der Waals surface area contributed by atoms with E-state index < -0.39 is 0 Å². The van der Waals surface area contributed by atoms with Crippen molar-refractivity contribution in [1.29, 1.82) is 0 Å². The lowest BCUT2D eigenvalue weighted by atomic mass is 10.1. The number of rotatable bonds is 4. The molecule has 4 aromatic rings. The number of aromatic nitrogens is 2. The Hall–Kier alpha value is -3.45. The molecule has 0 bridgehead atoms. The van der Waals surface area contributed by atoms with Crippen LogP contribution >= 0.6 is 11.3 Å². The molecule has 2 amide bonds. The molecule has 5 rings (SSSR count). The second kappa shape index (κ2) is 8.00. The number of hydrogen-bond donors (Lipinski definition) is 1. The lowest BCUT2D eigenvalue weighted by molar-refractivity contribution is 0.0794. The van der Waals surface area contributed by atoms with Crippen molar-refractivity contribution in [1.82, 2.24) is 14.7 Å². The SMILES string of the molecule is Cc1nn(-c2ccccc2)c2sc(C(=O)Nc3ccccc3C(=O)N3CCCC3)cc12. The van der Waals surface area contributed by atoms with Crippen molar-refractivity contribution < 1.29 is 9.59 Å². The average molecular weight is 431 g/mol. The summed E-state index contributed by atoms with van der Waals surface area (Å²) in [6.07, 6.45) is 2.06. The molecule has 0 radical (unpaired) electrons. The first-order valence-corrected chi connectivity index (χ1v) is 11.2. The van der Waals surface area contributed by atoms with Gasteiger partial charge in [-0.1, -0.05) is 30.3 Å². The van der Waals surface area contributed by atoms with E-state index in [9.17, 15) is 9.59 Å². The van der Waals surface area contributed by atoms with Crippen LogP contribution in [0.2, 0.25) is 0 Å². The van der Waals surface area contributed by atoms with E-state index in [4.69, 9.17) is 0 Å². The summed E-state index contributed by atoms with van der Waals surface area (Å²) in [4.78, 5) is 29.3. The number of likely N-dealkylation sites (tertiary alicyclic amines) is 1. The van der Waals surface area contributed by atoms with Gasteiger partial charge >= 0.3 is 0 Å². The van der Waals surface area contributed by atoms with Gasteiger partial charge in [-0.25, -0.2) is 4.68 Å². The molecule has 6 nitrogen and oxygen atoms in total. The van der Waals surface area contributed by atoms with Crippen molar-refractivity contribution in [3.05, 3.63) is 76.8 Å². The molecule has 2 aromatic carbocycles. The monoisotopic (exact) mass is 430 g/mol. The molecule has 0 atom stereocenters. The summed E-state index contributed by atoms with van der Waals surface area (Å²) in [5.41, 5.74) is 2.91. The van der Waals surface area contributed by atoms with Crippen LogP contribution in [0.25, 0.3) is 15.9 Å². The summed E-state index contributed by atoms with van der Waals surface area (Å²) in [7, 11) is 0. The Bertz CT molecular complexity index is 1270. The maximum atomic E-state index is 13.1. The van der Waals surface area contributed by atoms with Gasteiger partial charge < -0.3 is 10.2 Å². The van der Waals surface area contributed by atoms with E-state index >= 15 is 0 Å². The van der Waals surface area contributed by atoms with Crippen LogP contribution in [0.3, 0.4) is 0 Å². The number of amides is 2. The number of benzene rings is 2. The Morgan fingerprint density at radius 1 is 1.00 bits per heavy atom. The van der Waals surface area contributed by atoms with Gasteiger partial charge in [0.25, 0.3) is 11.8 Å². The zero-order valence-electron chi connectivity index (χ0n) is 17.2. The first-order valence-electron chi connectivity index (χ1n) is 10.4. The Balaban J connectivity index is 1.45. The Morgan fingerprint density at radius 2 is 1.71 bits per heavy atom. The minimum absolute atomic E-state index is 0.0275. The number of aryl methyl sites for hydroxylation is 1. The van der Waals surface area contributed by atoms with Crippen LogP contribution in [-0.2, 0) is 0 Å². The number of hydrogen-bond acceptors (Lipinski definition) is 4. The van der Waals surface area contributed by atoms with Crippen LogP contribution in [0.1, 0.15) is 38.6 Å². The fourth-order valence-corrected chi connectivity index (χ4v) is 5.03. The van der Waals surface area contributed by atoms with Crippen LogP contribution in [0, 0.1) is 6.92 Å². The highest BCUT2D eigenvalue weighted by molar-refractivity contribution is 7.20. The zero-order valence-corrected chi connectivity index (χ0v) is 18.0. The Labute approximate surface area is 184 Å². The van der Waals surface area contributed by atoms with E-state index in [1.165, 1.54) is 11.3 Å². The van der Waals surface area contributed by atoms with Crippen LogP contribution in [0.4, 0.5) is 5.69 Å². The van der Waals surface area contributed by atoms with Gasteiger partial charge in [0, 0.05) is 18.5 Å². The third-order valence-corrected chi connectivity index (χ3v) is 6.68. The molecule has 0 aliphatic carbocycles. The first-order chi connectivity index (χ1) is 15.1. The standard InChI is InChI=1S/C24H22N4O2S/c1-16-19-15-21(31-24(19)28(26-16)17-9-3-2-4-10-17)22(29)25-20-12-6-5-11-18(20)23(30)27-13-7-8-14-27/h2-6,9-12,15H,7-8,13-14H2,1H3,(H,25,29). The normalized spacial score (nSPS) is 13.6. The van der Waals surface area contributed by atoms with Crippen molar-refractivity contribution in [2.24, 2.45) is 0 Å². The van der Waals surface area contributed by atoms with Gasteiger partial charge in [-0.05, 0) is 50.1 Å². The van der Waals surface area contributed by atoms with Crippen molar-refractivity contribution in [3.63, 3.8) is 0 Å². The molecule has 1 fully saturated rings. The van der Waals surface area contributed by atoms with Crippen LogP contribution in [0.5, 0.6) is 0 Å². The molecule has 1 saturated heterocycles. The predicted molar refractivity (Wildman–Crippen MR) is 123 cm³/mol. The lowest BCUT2D eigenvalue weighted by Gasteiger charge is -2.17. The number of carbonyl (C=O) groups excluding carboxylic acids is 2. The third kappa shape index (κ3) is 3.61. The average Bonchev–Trinajstić information content (AvgIpc) is 3.53. The molecule has 7 heteroatoms. The van der Waals surface area contributed by atoms with E-state index in [2.05, 4.69) is 10.4 Å². The molecular weight excluding hydrogens is 408 g/mol. The van der Waals surface area contributed by atoms with Crippen LogP contribution in [-0.4, -0.2) is 39.6 Å². The zero-order chi connectivity index (χ0) is 21.4. The molecule has 3 heterocycles. The largest absolute Gasteiger partial charge is 0.339 e. The molecule has 1 aliphatic rings. The molecule has 156 valence electrons. The molecule has 0 unspecified atom stereocenters. The predicted octanol–water partition coefficient (Wildman–Crippen LogP) is 4.88. The van der Waals surface area contributed by atoms with Crippen molar-refractivity contribution in [3.8, 4) is 5.69 Å². The minimum atomic E-state index is -0.220.